The van der Waals surface area contributed by atoms with Crippen molar-refractivity contribution < 1.29 is 9.53 Å². The zero-order valence-electron chi connectivity index (χ0n) is 12.3. The van der Waals surface area contributed by atoms with E-state index in [0.29, 0.717) is 19.1 Å². The maximum atomic E-state index is 12.5. The van der Waals surface area contributed by atoms with E-state index in [1.807, 2.05) is 36.1 Å². The molecule has 0 saturated heterocycles. The Morgan fingerprint density at radius 1 is 1.40 bits per heavy atom. The monoisotopic (exact) mass is 276 g/mol. The van der Waals surface area contributed by atoms with Crippen molar-refractivity contribution in [2.45, 2.75) is 38.8 Å². The molecule has 0 bridgehead atoms. The fraction of sp³-hybridized carbons (Fsp3) is 0.562. The Kier molecular flexibility index (Phi) is 5.01. The summed E-state index contributed by atoms with van der Waals surface area (Å²) in [7, 11) is 1.66. The number of nitrogens with zero attached hydrogens (tertiary/aromatic N) is 1. The number of benzene rings is 1. The van der Waals surface area contributed by atoms with Crippen LogP contribution in [0.5, 0.6) is 5.75 Å². The fourth-order valence-electron chi connectivity index (χ4n) is 2.36. The number of ether oxygens (including phenoxy) is 1. The van der Waals surface area contributed by atoms with Crippen molar-refractivity contribution in [3.8, 4) is 5.75 Å². The molecule has 1 aromatic rings. The van der Waals surface area contributed by atoms with Crippen LogP contribution in [0.15, 0.2) is 24.3 Å². The molecule has 1 fully saturated rings. The molecule has 1 aliphatic rings. The summed E-state index contributed by atoms with van der Waals surface area (Å²) >= 11 is 0. The number of carbonyl (C=O) groups excluding carboxylic acids is 1. The largest absolute Gasteiger partial charge is 0.497 e. The Morgan fingerprint density at radius 2 is 2.05 bits per heavy atom. The summed E-state index contributed by atoms with van der Waals surface area (Å²) in [5, 5.41) is 0. The lowest BCUT2D eigenvalue weighted by Crippen LogP contribution is -2.37. The van der Waals surface area contributed by atoms with Gasteiger partial charge in [-0.05, 0) is 43.5 Å². The third-order valence-electron chi connectivity index (χ3n) is 3.80. The van der Waals surface area contributed by atoms with Crippen LogP contribution in [0, 0.1) is 5.92 Å². The Bertz CT molecular complexity index is 440. The summed E-state index contributed by atoms with van der Waals surface area (Å²) < 4.78 is 5.16. The van der Waals surface area contributed by atoms with Gasteiger partial charge in [0.05, 0.1) is 7.11 Å². The molecule has 1 amide bonds. The van der Waals surface area contributed by atoms with Crippen LogP contribution in [0.3, 0.4) is 0 Å². The first-order valence-corrected chi connectivity index (χ1v) is 7.29. The van der Waals surface area contributed by atoms with Gasteiger partial charge in [-0.25, -0.2) is 0 Å². The number of amides is 1. The molecule has 1 saturated carbocycles. The van der Waals surface area contributed by atoms with E-state index in [-0.39, 0.29) is 11.8 Å². The van der Waals surface area contributed by atoms with Crippen molar-refractivity contribution in [3.05, 3.63) is 29.8 Å². The van der Waals surface area contributed by atoms with E-state index in [9.17, 15) is 4.79 Å². The van der Waals surface area contributed by atoms with E-state index >= 15 is 0 Å². The van der Waals surface area contributed by atoms with Crippen LogP contribution in [0.2, 0.25) is 0 Å². The van der Waals surface area contributed by atoms with E-state index < -0.39 is 0 Å². The van der Waals surface area contributed by atoms with Crippen LogP contribution in [-0.4, -0.2) is 30.5 Å². The third-order valence-corrected chi connectivity index (χ3v) is 3.80. The molecule has 0 aromatic heterocycles. The molecule has 4 heteroatoms. The smallest absolute Gasteiger partial charge is 0.225 e. The van der Waals surface area contributed by atoms with Gasteiger partial charge >= 0.3 is 0 Å². The maximum absolute atomic E-state index is 12.5. The van der Waals surface area contributed by atoms with Crippen molar-refractivity contribution in [3.63, 3.8) is 0 Å². The van der Waals surface area contributed by atoms with Crippen molar-refractivity contribution in [1.82, 2.24) is 4.90 Å². The predicted molar refractivity (Wildman–Crippen MR) is 79.4 cm³/mol. The molecular formula is C16H24N2O2. The summed E-state index contributed by atoms with van der Waals surface area (Å²) in [6, 6.07) is 8.34. The summed E-state index contributed by atoms with van der Waals surface area (Å²) in [5.41, 5.74) is 6.70. The molecule has 0 heterocycles. The van der Waals surface area contributed by atoms with E-state index in [0.717, 1.165) is 30.6 Å². The first-order chi connectivity index (χ1) is 9.65. The zero-order chi connectivity index (χ0) is 14.5. The molecule has 1 aliphatic carbocycles. The minimum atomic E-state index is 0.0128. The standard InChI is InChI=1S/C16H24N2O2/c1-12(9-10-17)16(19)18(14-5-6-14)11-13-3-7-15(20-2)8-4-13/h3-4,7-8,12,14H,5-6,9-11,17H2,1-2H3. The van der Waals surface area contributed by atoms with Crippen LogP contribution < -0.4 is 10.5 Å². The van der Waals surface area contributed by atoms with Crippen LogP contribution in [0.1, 0.15) is 31.7 Å². The number of carbonyl (C=O) groups is 1. The van der Waals surface area contributed by atoms with Crippen molar-refractivity contribution >= 4 is 5.91 Å². The average Bonchev–Trinajstić information content (AvgIpc) is 3.29. The maximum Gasteiger partial charge on any atom is 0.225 e. The Labute approximate surface area is 120 Å². The van der Waals surface area contributed by atoms with E-state index in [1.54, 1.807) is 7.11 Å². The second-order valence-electron chi connectivity index (χ2n) is 5.52. The van der Waals surface area contributed by atoms with Gasteiger partial charge in [0.15, 0.2) is 0 Å². The fourth-order valence-corrected chi connectivity index (χ4v) is 2.36. The molecule has 2 rings (SSSR count). The highest BCUT2D eigenvalue weighted by Crippen LogP contribution is 2.30. The van der Waals surface area contributed by atoms with Crippen molar-refractivity contribution in [1.29, 1.82) is 0 Å². The topological polar surface area (TPSA) is 55.6 Å². The van der Waals surface area contributed by atoms with Crippen LogP contribution >= 0.6 is 0 Å². The van der Waals surface area contributed by atoms with Gasteiger partial charge < -0.3 is 15.4 Å². The van der Waals surface area contributed by atoms with Gasteiger partial charge in [0, 0.05) is 18.5 Å². The van der Waals surface area contributed by atoms with Crippen molar-refractivity contribution in [2.75, 3.05) is 13.7 Å². The first-order valence-electron chi connectivity index (χ1n) is 7.29. The van der Waals surface area contributed by atoms with E-state index in [4.69, 9.17) is 10.5 Å². The van der Waals surface area contributed by atoms with Gasteiger partial charge in [-0.1, -0.05) is 19.1 Å². The Morgan fingerprint density at radius 3 is 2.55 bits per heavy atom. The number of methoxy groups -OCH3 is 1. The molecule has 20 heavy (non-hydrogen) atoms. The van der Waals surface area contributed by atoms with Gasteiger partial charge in [0.1, 0.15) is 5.75 Å². The normalized spacial score (nSPS) is 15.8. The van der Waals surface area contributed by atoms with Gasteiger partial charge in [0.25, 0.3) is 0 Å². The molecule has 2 N–H and O–H groups in total. The molecule has 0 aliphatic heterocycles. The van der Waals surface area contributed by atoms with Crippen LogP contribution in [0.4, 0.5) is 0 Å². The molecule has 1 atom stereocenters. The third kappa shape index (κ3) is 3.73. The number of hydrogen-bond acceptors (Lipinski definition) is 3. The number of rotatable bonds is 7. The van der Waals surface area contributed by atoms with E-state index in [1.165, 1.54) is 0 Å². The zero-order valence-corrected chi connectivity index (χ0v) is 12.3. The lowest BCUT2D eigenvalue weighted by molar-refractivity contribution is -0.136. The Hall–Kier alpha value is -1.55. The number of hydrogen-bond donors (Lipinski definition) is 1. The van der Waals surface area contributed by atoms with Crippen LogP contribution in [-0.2, 0) is 11.3 Å². The predicted octanol–water partition coefficient (Wildman–Crippen LogP) is 2.17. The van der Waals surface area contributed by atoms with Crippen molar-refractivity contribution in [2.24, 2.45) is 11.7 Å². The molecule has 4 nitrogen and oxygen atoms in total. The van der Waals surface area contributed by atoms with Crippen LogP contribution in [0.25, 0.3) is 0 Å². The minimum Gasteiger partial charge on any atom is -0.497 e. The summed E-state index contributed by atoms with van der Waals surface area (Å²) in [6.07, 6.45) is 3.00. The molecular weight excluding hydrogens is 252 g/mol. The highest BCUT2D eigenvalue weighted by molar-refractivity contribution is 5.79. The van der Waals surface area contributed by atoms with Gasteiger partial charge in [0.2, 0.25) is 5.91 Å². The summed E-state index contributed by atoms with van der Waals surface area (Å²) in [5.74, 6) is 1.09. The molecule has 1 aromatic carbocycles. The average molecular weight is 276 g/mol. The molecule has 110 valence electrons. The van der Waals surface area contributed by atoms with Gasteiger partial charge in [-0.2, -0.15) is 0 Å². The van der Waals surface area contributed by atoms with Gasteiger partial charge in [-0.3, -0.25) is 4.79 Å². The number of nitrogens with two attached hydrogens (primary N) is 1. The second-order valence-corrected chi connectivity index (χ2v) is 5.52. The quantitative estimate of drug-likeness (QED) is 0.830. The molecule has 1 unspecified atom stereocenters. The lowest BCUT2D eigenvalue weighted by Gasteiger charge is -2.26. The summed E-state index contributed by atoms with van der Waals surface area (Å²) in [4.78, 5) is 14.5. The highest BCUT2D eigenvalue weighted by atomic mass is 16.5. The molecule has 0 radical (unpaired) electrons. The Balaban J connectivity index is 2.03. The second kappa shape index (κ2) is 6.75. The lowest BCUT2D eigenvalue weighted by atomic mass is 10.1. The summed E-state index contributed by atoms with van der Waals surface area (Å²) in [6.45, 7) is 3.22. The highest BCUT2D eigenvalue weighted by Gasteiger charge is 2.34. The minimum absolute atomic E-state index is 0.0128. The SMILES string of the molecule is COc1ccc(CN(C(=O)C(C)CCN)C2CC2)cc1. The molecule has 0 spiro atoms. The van der Waals surface area contributed by atoms with Gasteiger partial charge in [-0.15, -0.1) is 0 Å². The van der Waals surface area contributed by atoms with E-state index in [2.05, 4.69) is 0 Å². The first kappa shape index (κ1) is 14.9.